The van der Waals surface area contributed by atoms with Crippen LogP contribution < -0.4 is 0 Å². The van der Waals surface area contributed by atoms with Gasteiger partial charge in [0.1, 0.15) is 29.2 Å². The zero-order chi connectivity index (χ0) is 21.3. The molecule has 1 unspecified atom stereocenters. The van der Waals surface area contributed by atoms with Crippen LogP contribution in [0.5, 0.6) is 0 Å². The summed E-state index contributed by atoms with van der Waals surface area (Å²) in [6.45, 7) is 0.255. The fourth-order valence-corrected chi connectivity index (χ4v) is 4.03. The van der Waals surface area contributed by atoms with E-state index in [2.05, 4.69) is 15.9 Å². The summed E-state index contributed by atoms with van der Waals surface area (Å²) in [7, 11) is 0. The fourth-order valence-electron chi connectivity index (χ4n) is 3.24. The second kappa shape index (κ2) is 11.8. The van der Waals surface area contributed by atoms with Gasteiger partial charge in [-0.1, -0.05) is 76.6 Å². The zero-order valence-corrected chi connectivity index (χ0v) is 18.6. The van der Waals surface area contributed by atoms with Crippen LogP contribution in [0.3, 0.4) is 0 Å². The van der Waals surface area contributed by atoms with Crippen LogP contribution in [-0.4, -0.2) is 53.0 Å². The highest BCUT2D eigenvalue weighted by Crippen LogP contribution is 2.32. The molecule has 1 aliphatic heterocycles. The van der Waals surface area contributed by atoms with E-state index in [1.165, 1.54) is 0 Å². The van der Waals surface area contributed by atoms with Crippen LogP contribution in [0, 0.1) is 0 Å². The number of rotatable bonds is 9. The number of halogens is 2. The first-order valence-electron chi connectivity index (χ1n) is 9.59. The minimum Gasteiger partial charge on any atom is -0.456 e. The van der Waals surface area contributed by atoms with E-state index < -0.39 is 35.4 Å². The smallest absolute Gasteiger partial charge is 0.321 e. The first-order valence-corrected chi connectivity index (χ1v) is 11.0. The summed E-state index contributed by atoms with van der Waals surface area (Å²) >= 11 is 9.11. The lowest BCUT2D eigenvalue weighted by Gasteiger charge is -2.43. The van der Waals surface area contributed by atoms with Crippen molar-refractivity contribution in [2.24, 2.45) is 0 Å². The Hall–Kier alpha value is -1.48. The predicted molar refractivity (Wildman–Crippen MR) is 115 cm³/mol. The summed E-state index contributed by atoms with van der Waals surface area (Å²) in [5, 5.41) is 9.23. The van der Waals surface area contributed by atoms with E-state index in [0.29, 0.717) is 6.61 Å². The lowest BCUT2D eigenvalue weighted by Crippen LogP contribution is -2.60. The summed E-state index contributed by atoms with van der Waals surface area (Å²) in [4.78, 5) is 11.9. The number of ether oxygens (including phenoxy) is 4. The van der Waals surface area contributed by atoms with Gasteiger partial charge in [-0.05, 0) is 11.1 Å². The van der Waals surface area contributed by atoms with Crippen molar-refractivity contribution in [2.45, 2.75) is 42.6 Å². The van der Waals surface area contributed by atoms with Gasteiger partial charge in [0.2, 0.25) is 0 Å². The number of benzene rings is 2. The van der Waals surface area contributed by atoms with Gasteiger partial charge in [-0.3, -0.25) is 4.79 Å². The van der Waals surface area contributed by atoms with E-state index in [1.54, 1.807) is 0 Å². The van der Waals surface area contributed by atoms with Crippen LogP contribution in [-0.2, 0) is 37.0 Å². The van der Waals surface area contributed by atoms with Crippen molar-refractivity contribution >= 4 is 33.5 Å². The predicted octanol–water partition coefficient (Wildman–Crippen LogP) is 3.42. The van der Waals surface area contributed by atoms with Crippen molar-refractivity contribution in [3.05, 3.63) is 71.8 Å². The average Bonchev–Trinajstić information content (AvgIpc) is 2.79. The highest BCUT2D eigenvalue weighted by atomic mass is 79.9. The SMILES string of the molecule is O=C(CCl)O[C@H]1[C@H](OCc2ccccc2)[C@@H](OCc2ccccc2)C(Br)O[C@@H]1CO. The second-order valence-electron chi connectivity index (χ2n) is 6.82. The number of carbonyl (C=O) groups excluding carboxylic acids is 1. The van der Waals surface area contributed by atoms with Crippen LogP contribution in [0.15, 0.2) is 60.7 Å². The fraction of sp³-hybridized carbons (Fsp3) is 0.409. The lowest BCUT2D eigenvalue weighted by atomic mass is 9.99. The van der Waals surface area contributed by atoms with Crippen molar-refractivity contribution in [3.8, 4) is 0 Å². The third-order valence-corrected chi connectivity index (χ3v) is 5.66. The standard InChI is InChI=1S/C22H24BrClO6/c23-22-21(28-14-16-9-5-2-6-10-16)20(27-13-15-7-3-1-4-8-15)19(17(12-25)29-22)30-18(26)11-24/h1-10,17,19-22,25H,11-14H2/t17-,19-,20+,21-,22?/m1/s1. The Morgan fingerprint density at radius 1 is 0.933 bits per heavy atom. The highest BCUT2D eigenvalue weighted by Gasteiger charge is 2.48. The Labute approximate surface area is 189 Å². The molecule has 30 heavy (non-hydrogen) atoms. The number of carbonyl (C=O) groups is 1. The third kappa shape index (κ3) is 6.26. The molecule has 0 saturated carbocycles. The molecule has 0 spiro atoms. The van der Waals surface area contributed by atoms with Crippen LogP contribution in [0.25, 0.3) is 0 Å². The van der Waals surface area contributed by atoms with E-state index in [1.807, 2.05) is 60.7 Å². The van der Waals surface area contributed by atoms with Gasteiger partial charge in [0.15, 0.2) is 6.10 Å². The second-order valence-corrected chi connectivity index (χ2v) is 7.99. The van der Waals surface area contributed by atoms with Gasteiger partial charge in [-0.2, -0.15) is 0 Å². The van der Waals surface area contributed by atoms with Crippen molar-refractivity contribution < 1.29 is 28.8 Å². The largest absolute Gasteiger partial charge is 0.456 e. The summed E-state index contributed by atoms with van der Waals surface area (Å²) in [6, 6.07) is 19.3. The number of hydrogen-bond acceptors (Lipinski definition) is 6. The maximum atomic E-state index is 11.9. The molecule has 0 aromatic heterocycles. The van der Waals surface area contributed by atoms with Gasteiger partial charge in [0.05, 0.1) is 19.8 Å². The number of aliphatic hydroxyl groups excluding tert-OH is 1. The van der Waals surface area contributed by atoms with Gasteiger partial charge in [0.25, 0.3) is 0 Å². The molecule has 0 aliphatic carbocycles. The van der Waals surface area contributed by atoms with Crippen molar-refractivity contribution in [1.82, 2.24) is 0 Å². The number of aliphatic hydroxyl groups is 1. The van der Waals surface area contributed by atoms with E-state index in [4.69, 9.17) is 30.5 Å². The molecule has 2 aromatic carbocycles. The Balaban J connectivity index is 1.80. The maximum Gasteiger partial charge on any atom is 0.321 e. The van der Waals surface area contributed by atoms with Gasteiger partial charge in [-0.25, -0.2) is 0 Å². The molecule has 0 amide bonds. The molecule has 1 heterocycles. The van der Waals surface area contributed by atoms with Crippen LogP contribution >= 0.6 is 27.5 Å². The molecule has 162 valence electrons. The van der Waals surface area contributed by atoms with Crippen LogP contribution in [0.2, 0.25) is 0 Å². The van der Waals surface area contributed by atoms with Crippen molar-refractivity contribution in [2.75, 3.05) is 12.5 Å². The molecule has 0 bridgehead atoms. The number of hydrogen-bond donors (Lipinski definition) is 1. The van der Waals surface area contributed by atoms with E-state index in [9.17, 15) is 9.90 Å². The number of esters is 1. The summed E-state index contributed by atoms with van der Waals surface area (Å²) in [5.74, 6) is -0.931. The Bertz CT molecular complexity index is 778. The molecule has 1 aliphatic rings. The van der Waals surface area contributed by atoms with Gasteiger partial charge < -0.3 is 24.1 Å². The van der Waals surface area contributed by atoms with E-state index >= 15 is 0 Å². The maximum absolute atomic E-state index is 11.9. The summed E-state index contributed by atoms with van der Waals surface area (Å²) in [6.07, 6.45) is -2.93. The molecule has 1 N–H and O–H groups in total. The monoisotopic (exact) mass is 498 g/mol. The van der Waals surface area contributed by atoms with Crippen LogP contribution in [0.1, 0.15) is 11.1 Å². The minimum absolute atomic E-state index is 0.281. The van der Waals surface area contributed by atoms with Crippen molar-refractivity contribution in [3.63, 3.8) is 0 Å². The molecular weight excluding hydrogens is 476 g/mol. The third-order valence-electron chi connectivity index (χ3n) is 4.70. The Morgan fingerprint density at radius 3 is 1.97 bits per heavy atom. The molecule has 8 heteroatoms. The summed E-state index contributed by atoms with van der Waals surface area (Å²) in [5.41, 5.74) is 1.94. The normalized spacial score (nSPS) is 26.3. The lowest BCUT2D eigenvalue weighted by molar-refractivity contribution is -0.244. The molecule has 2 aromatic rings. The first-order chi connectivity index (χ1) is 14.6. The van der Waals surface area contributed by atoms with Gasteiger partial charge in [0, 0.05) is 0 Å². The topological polar surface area (TPSA) is 74.2 Å². The Kier molecular flexibility index (Phi) is 9.11. The van der Waals surface area contributed by atoms with Crippen LogP contribution in [0.4, 0.5) is 0 Å². The van der Waals surface area contributed by atoms with Gasteiger partial charge >= 0.3 is 5.97 Å². The summed E-state index contributed by atoms with van der Waals surface area (Å²) < 4.78 is 23.6. The molecule has 0 radical (unpaired) electrons. The molecule has 5 atom stereocenters. The van der Waals surface area contributed by atoms with Crippen molar-refractivity contribution in [1.29, 1.82) is 0 Å². The molecule has 6 nitrogen and oxygen atoms in total. The van der Waals surface area contributed by atoms with E-state index in [0.717, 1.165) is 11.1 Å². The highest BCUT2D eigenvalue weighted by molar-refractivity contribution is 9.09. The Morgan fingerprint density at radius 2 is 1.47 bits per heavy atom. The average molecular weight is 500 g/mol. The number of alkyl halides is 2. The quantitative estimate of drug-likeness (QED) is 0.421. The zero-order valence-electron chi connectivity index (χ0n) is 16.2. The molecule has 3 rings (SSSR count). The molecule has 1 saturated heterocycles. The molecular formula is C22H24BrClO6. The molecule has 1 fully saturated rings. The van der Waals surface area contributed by atoms with Gasteiger partial charge in [-0.15, -0.1) is 11.6 Å². The first kappa shape index (κ1) is 23.2. The van der Waals surface area contributed by atoms with E-state index in [-0.39, 0.29) is 19.1 Å². The minimum atomic E-state index is -0.875.